The van der Waals surface area contributed by atoms with Crippen molar-refractivity contribution >= 4 is 11.7 Å². The van der Waals surface area contributed by atoms with E-state index in [1.54, 1.807) is 12.1 Å². The van der Waals surface area contributed by atoms with Crippen molar-refractivity contribution in [2.45, 2.75) is 6.54 Å². The number of carbonyl (C=O) groups is 1. The van der Waals surface area contributed by atoms with Crippen molar-refractivity contribution in [3.8, 4) is 0 Å². The standard InChI is InChI=1S/C14H16N2O2/c1-16-8-4-7-13(16)10-15-12-6-3-5-11(9-12)14(17)18-2/h3-9,15H,10H2,1-2H3. The monoisotopic (exact) mass is 244 g/mol. The van der Waals surface area contributed by atoms with E-state index < -0.39 is 0 Å². The summed E-state index contributed by atoms with van der Waals surface area (Å²) in [5.41, 5.74) is 2.63. The van der Waals surface area contributed by atoms with Crippen LogP contribution in [0.15, 0.2) is 42.6 Å². The number of hydrogen-bond acceptors (Lipinski definition) is 3. The average molecular weight is 244 g/mol. The lowest BCUT2D eigenvalue weighted by molar-refractivity contribution is 0.0601. The Morgan fingerprint density at radius 2 is 2.17 bits per heavy atom. The predicted octanol–water partition coefficient (Wildman–Crippen LogP) is 2.42. The molecule has 0 atom stereocenters. The molecule has 0 unspecified atom stereocenters. The number of esters is 1. The molecule has 0 spiro atoms. The molecule has 4 heteroatoms. The van der Waals surface area contributed by atoms with Crippen LogP contribution < -0.4 is 5.32 Å². The molecular formula is C14H16N2O2. The van der Waals surface area contributed by atoms with E-state index in [4.69, 9.17) is 0 Å². The Hall–Kier alpha value is -2.23. The van der Waals surface area contributed by atoms with E-state index in [0.29, 0.717) is 12.1 Å². The molecule has 94 valence electrons. The molecule has 1 aromatic carbocycles. The number of nitrogens with one attached hydrogen (secondary N) is 1. The smallest absolute Gasteiger partial charge is 0.337 e. The molecule has 2 aromatic rings. The third-order valence-corrected chi connectivity index (χ3v) is 2.81. The molecule has 0 radical (unpaired) electrons. The van der Waals surface area contributed by atoms with E-state index in [2.05, 4.69) is 20.7 Å². The number of anilines is 1. The van der Waals surface area contributed by atoms with Gasteiger partial charge in [-0.25, -0.2) is 4.79 Å². The van der Waals surface area contributed by atoms with Crippen LogP contribution in [0.25, 0.3) is 0 Å². The van der Waals surface area contributed by atoms with Gasteiger partial charge in [-0.15, -0.1) is 0 Å². The van der Waals surface area contributed by atoms with Crippen molar-refractivity contribution in [1.29, 1.82) is 0 Å². The molecule has 4 nitrogen and oxygen atoms in total. The predicted molar refractivity (Wildman–Crippen MR) is 70.5 cm³/mol. The zero-order valence-electron chi connectivity index (χ0n) is 10.5. The summed E-state index contributed by atoms with van der Waals surface area (Å²) in [6.07, 6.45) is 2.00. The number of aromatic nitrogens is 1. The largest absolute Gasteiger partial charge is 0.465 e. The van der Waals surface area contributed by atoms with E-state index in [1.165, 1.54) is 12.8 Å². The Bertz CT molecular complexity index is 546. The van der Waals surface area contributed by atoms with Crippen LogP contribution >= 0.6 is 0 Å². The van der Waals surface area contributed by atoms with Crippen molar-refractivity contribution in [3.63, 3.8) is 0 Å². The third kappa shape index (κ3) is 2.71. The molecule has 0 saturated heterocycles. The first kappa shape index (κ1) is 12.2. The Morgan fingerprint density at radius 3 is 2.83 bits per heavy atom. The second-order valence-corrected chi connectivity index (χ2v) is 4.04. The van der Waals surface area contributed by atoms with Crippen LogP contribution in [0.2, 0.25) is 0 Å². The fourth-order valence-electron chi connectivity index (χ4n) is 1.75. The van der Waals surface area contributed by atoms with Crippen LogP contribution in [0.3, 0.4) is 0 Å². The van der Waals surface area contributed by atoms with Gasteiger partial charge in [0.05, 0.1) is 19.2 Å². The zero-order valence-corrected chi connectivity index (χ0v) is 10.5. The fraction of sp³-hybridized carbons (Fsp3) is 0.214. The third-order valence-electron chi connectivity index (χ3n) is 2.81. The summed E-state index contributed by atoms with van der Waals surface area (Å²) in [5.74, 6) is -0.322. The van der Waals surface area contributed by atoms with Crippen LogP contribution in [0, 0.1) is 0 Å². The molecule has 0 amide bonds. The van der Waals surface area contributed by atoms with E-state index in [-0.39, 0.29) is 5.97 Å². The summed E-state index contributed by atoms with van der Waals surface area (Å²) in [4.78, 5) is 11.4. The average Bonchev–Trinajstić information content (AvgIpc) is 2.81. The number of benzene rings is 1. The van der Waals surface area contributed by atoms with Gasteiger partial charge < -0.3 is 14.6 Å². The highest BCUT2D eigenvalue weighted by atomic mass is 16.5. The maximum Gasteiger partial charge on any atom is 0.337 e. The minimum Gasteiger partial charge on any atom is -0.465 e. The highest BCUT2D eigenvalue weighted by Crippen LogP contribution is 2.13. The summed E-state index contributed by atoms with van der Waals surface area (Å²) in [6, 6.07) is 11.3. The number of carbonyl (C=O) groups excluding carboxylic acids is 1. The lowest BCUT2D eigenvalue weighted by atomic mass is 10.2. The molecule has 0 bridgehead atoms. The molecule has 1 N–H and O–H groups in total. The van der Waals surface area contributed by atoms with E-state index in [9.17, 15) is 4.79 Å². The van der Waals surface area contributed by atoms with Gasteiger partial charge in [0.25, 0.3) is 0 Å². The molecule has 2 rings (SSSR count). The van der Waals surface area contributed by atoms with Crippen molar-refractivity contribution in [2.24, 2.45) is 7.05 Å². The molecule has 0 aliphatic rings. The number of hydrogen-bond donors (Lipinski definition) is 1. The second-order valence-electron chi connectivity index (χ2n) is 4.04. The molecule has 18 heavy (non-hydrogen) atoms. The van der Waals surface area contributed by atoms with Crippen molar-refractivity contribution in [2.75, 3.05) is 12.4 Å². The van der Waals surface area contributed by atoms with Crippen molar-refractivity contribution in [1.82, 2.24) is 4.57 Å². The van der Waals surface area contributed by atoms with Crippen molar-refractivity contribution < 1.29 is 9.53 Å². The molecule has 0 fully saturated rings. The normalized spacial score (nSPS) is 10.1. The molecular weight excluding hydrogens is 228 g/mol. The number of rotatable bonds is 4. The van der Waals surface area contributed by atoms with Crippen LogP contribution in [-0.4, -0.2) is 17.6 Å². The van der Waals surface area contributed by atoms with Gasteiger partial charge in [-0.05, 0) is 30.3 Å². The summed E-state index contributed by atoms with van der Waals surface area (Å²) in [6.45, 7) is 0.716. The second kappa shape index (κ2) is 5.40. The summed E-state index contributed by atoms with van der Waals surface area (Å²) in [5, 5.41) is 3.28. The highest BCUT2D eigenvalue weighted by Gasteiger charge is 2.05. The Balaban J connectivity index is 2.06. The maximum atomic E-state index is 11.4. The van der Waals surface area contributed by atoms with Gasteiger partial charge in [0.2, 0.25) is 0 Å². The van der Waals surface area contributed by atoms with Gasteiger partial charge in [0.1, 0.15) is 0 Å². The molecule has 0 saturated carbocycles. The first-order chi connectivity index (χ1) is 8.70. The molecule has 1 heterocycles. The van der Waals surface area contributed by atoms with Crippen LogP contribution in [0.1, 0.15) is 16.1 Å². The van der Waals surface area contributed by atoms with Crippen LogP contribution in [0.5, 0.6) is 0 Å². The van der Waals surface area contributed by atoms with Gasteiger partial charge in [-0.1, -0.05) is 6.07 Å². The Morgan fingerprint density at radius 1 is 1.33 bits per heavy atom. The van der Waals surface area contributed by atoms with Gasteiger partial charge in [0, 0.05) is 24.6 Å². The minimum atomic E-state index is -0.322. The molecule has 1 aromatic heterocycles. The molecule has 0 aliphatic heterocycles. The lowest BCUT2D eigenvalue weighted by Gasteiger charge is -2.08. The Labute approximate surface area is 106 Å². The van der Waals surface area contributed by atoms with Gasteiger partial charge >= 0.3 is 5.97 Å². The maximum absolute atomic E-state index is 11.4. The fourth-order valence-corrected chi connectivity index (χ4v) is 1.75. The number of aryl methyl sites for hydroxylation is 1. The van der Waals surface area contributed by atoms with Gasteiger partial charge in [-0.2, -0.15) is 0 Å². The van der Waals surface area contributed by atoms with E-state index in [1.807, 2.05) is 31.4 Å². The van der Waals surface area contributed by atoms with Gasteiger partial charge in [-0.3, -0.25) is 0 Å². The summed E-state index contributed by atoms with van der Waals surface area (Å²) in [7, 11) is 3.38. The quantitative estimate of drug-likeness (QED) is 0.840. The first-order valence-electron chi connectivity index (χ1n) is 5.73. The number of methoxy groups -OCH3 is 1. The van der Waals surface area contributed by atoms with E-state index in [0.717, 1.165) is 5.69 Å². The number of nitrogens with zero attached hydrogens (tertiary/aromatic N) is 1. The Kier molecular flexibility index (Phi) is 3.67. The van der Waals surface area contributed by atoms with Crippen molar-refractivity contribution in [3.05, 3.63) is 53.9 Å². The first-order valence-corrected chi connectivity index (χ1v) is 5.73. The SMILES string of the molecule is COC(=O)c1cccc(NCc2cccn2C)c1. The lowest BCUT2D eigenvalue weighted by Crippen LogP contribution is -2.06. The van der Waals surface area contributed by atoms with Crippen LogP contribution in [-0.2, 0) is 18.3 Å². The summed E-state index contributed by atoms with van der Waals surface area (Å²) < 4.78 is 6.74. The summed E-state index contributed by atoms with van der Waals surface area (Å²) >= 11 is 0. The topological polar surface area (TPSA) is 43.3 Å². The van der Waals surface area contributed by atoms with Gasteiger partial charge in [0.15, 0.2) is 0 Å². The van der Waals surface area contributed by atoms with Crippen LogP contribution in [0.4, 0.5) is 5.69 Å². The minimum absolute atomic E-state index is 0.322. The zero-order chi connectivity index (χ0) is 13.0. The van der Waals surface area contributed by atoms with E-state index >= 15 is 0 Å². The number of ether oxygens (including phenoxy) is 1. The molecule has 0 aliphatic carbocycles. The highest BCUT2D eigenvalue weighted by molar-refractivity contribution is 5.90.